The van der Waals surface area contributed by atoms with Gasteiger partial charge >= 0.3 is 0 Å². The smallest absolute Gasteiger partial charge is 0.243 e. The number of H-pyrrole nitrogens is 1. The van der Waals surface area contributed by atoms with Gasteiger partial charge in [0, 0.05) is 36.7 Å². The molecule has 0 saturated heterocycles. The molecule has 2 aromatic rings. The predicted octanol–water partition coefficient (Wildman–Crippen LogP) is -1.92. The molecule has 3 atom stereocenters. The zero-order valence-electron chi connectivity index (χ0n) is 26.2. The Labute approximate surface area is 268 Å². The van der Waals surface area contributed by atoms with E-state index in [0.29, 0.717) is 71.1 Å². The van der Waals surface area contributed by atoms with Crippen LogP contribution in [0.25, 0.3) is 10.9 Å². The molecule has 2 rings (SSSR count). The van der Waals surface area contributed by atoms with Crippen molar-refractivity contribution in [2.75, 3.05) is 26.2 Å². The zero-order valence-corrected chi connectivity index (χ0v) is 26.2. The molecule has 0 fully saturated rings. The fourth-order valence-electron chi connectivity index (χ4n) is 4.72. The van der Waals surface area contributed by atoms with E-state index in [1.54, 1.807) is 6.20 Å². The third-order valence-electron chi connectivity index (χ3n) is 7.17. The Morgan fingerprint density at radius 1 is 0.804 bits per heavy atom. The Balaban J connectivity index is 1.72. The standard InChI is InChI=1S/C30H49N11O5/c31-12-6-11-23(41-27(44)21(32)9-7-15-38-30(34)35)28(45)36-13-4-1-5-14-37-29(46)24(17-25(33)42)40-26(43)16-19-18-39-22-10-3-2-8-20(19)22/h2-3,8,10,18,21,23-24,39H,1,4-7,9,11-17,31-32H2,(H2,33,42)(H,36,45)(H,37,46)(H,40,43)(H,41,44)(H4,34,35,38)/t21?,23-,24-/m0/s1. The van der Waals surface area contributed by atoms with Crippen molar-refractivity contribution in [2.45, 2.75) is 75.9 Å². The lowest BCUT2D eigenvalue weighted by Gasteiger charge is -2.20. The number of benzene rings is 1. The van der Waals surface area contributed by atoms with Crippen molar-refractivity contribution in [1.82, 2.24) is 26.3 Å². The number of para-hydroxylation sites is 1. The fourth-order valence-corrected chi connectivity index (χ4v) is 4.72. The van der Waals surface area contributed by atoms with Crippen molar-refractivity contribution in [3.05, 3.63) is 36.0 Å². The molecule has 1 aromatic carbocycles. The van der Waals surface area contributed by atoms with Crippen molar-refractivity contribution in [3.8, 4) is 0 Å². The molecular formula is C30H49N11O5. The summed E-state index contributed by atoms with van der Waals surface area (Å²) in [5.41, 5.74) is 29.1. The van der Waals surface area contributed by atoms with E-state index in [9.17, 15) is 24.0 Å². The summed E-state index contributed by atoms with van der Waals surface area (Å²) in [6.45, 7) is 1.38. The maximum absolute atomic E-state index is 12.8. The van der Waals surface area contributed by atoms with Gasteiger partial charge < -0.3 is 54.9 Å². The first-order chi connectivity index (χ1) is 22.0. The van der Waals surface area contributed by atoms with Crippen LogP contribution < -0.4 is 49.9 Å². The highest BCUT2D eigenvalue weighted by atomic mass is 16.2. The highest BCUT2D eigenvalue weighted by Gasteiger charge is 2.24. The number of hydrogen-bond donors (Lipinski definition) is 10. The van der Waals surface area contributed by atoms with E-state index in [1.807, 2.05) is 24.3 Å². The van der Waals surface area contributed by atoms with E-state index >= 15 is 0 Å². The van der Waals surface area contributed by atoms with Crippen LogP contribution in [0.4, 0.5) is 0 Å². The molecule has 15 N–H and O–H groups in total. The minimum Gasteiger partial charge on any atom is -0.370 e. The monoisotopic (exact) mass is 643 g/mol. The Bertz CT molecular complexity index is 1330. The van der Waals surface area contributed by atoms with Gasteiger partial charge in [-0.15, -0.1) is 0 Å². The molecule has 0 radical (unpaired) electrons. The first kappa shape index (κ1) is 37.5. The minimum atomic E-state index is -1.10. The molecular weight excluding hydrogens is 594 g/mol. The molecule has 0 aliphatic heterocycles. The van der Waals surface area contributed by atoms with Gasteiger partial charge in [-0.3, -0.25) is 29.0 Å². The number of guanidine groups is 1. The predicted molar refractivity (Wildman–Crippen MR) is 176 cm³/mol. The van der Waals surface area contributed by atoms with Gasteiger partial charge in [-0.2, -0.15) is 0 Å². The number of carbonyl (C=O) groups is 5. The highest BCUT2D eigenvalue weighted by Crippen LogP contribution is 2.18. The molecule has 0 saturated carbocycles. The van der Waals surface area contributed by atoms with Crippen LogP contribution in [-0.4, -0.2) is 84.8 Å². The van der Waals surface area contributed by atoms with Crippen molar-refractivity contribution in [3.63, 3.8) is 0 Å². The van der Waals surface area contributed by atoms with Crippen LogP contribution in [0.2, 0.25) is 0 Å². The molecule has 0 spiro atoms. The Morgan fingerprint density at radius 3 is 2.13 bits per heavy atom. The number of aromatic amines is 1. The van der Waals surface area contributed by atoms with Crippen molar-refractivity contribution in [1.29, 1.82) is 0 Å². The van der Waals surface area contributed by atoms with Gasteiger partial charge in [0.25, 0.3) is 0 Å². The first-order valence-corrected chi connectivity index (χ1v) is 15.5. The van der Waals surface area contributed by atoms with E-state index in [-0.39, 0.29) is 24.7 Å². The minimum absolute atomic E-state index is 0.0303. The van der Waals surface area contributed by atoms with Crippen LogP contribution in [0.1, 0.15) is 56.9 Å². The number of nitrogens with one attached hydrogen (secondary N) is 5. The average Bonchev–Trinajstić information content (AvgIpc) is 3.42. The number of primary amides is 1. The fraction of sp³-hybridized carbons (Fsp3) is 0.533. The summed E-state index contributed by atoms with van der Waals surface area (Å²) in [4.78, 5) is 69.2. The largest absolute Gasteiger partial charge is 0.370 e. The van der Waals surface area contributed by atoms with Crippen LogP contribution in [0.3, 0.4) is 0 Å². The summed E-state index contributed by atoms with van der Waals surface area (Å²) < 4.78 is 0. The average molecular weight is 644 g/mol. The maximum atomic E-state index is 12.8. The molecule has 1 heterocycles. The van der Waals surface area contributed by atoms with Gasteiger partial charge in [0.1, 0.15) is 12.1 Å². The lowest BCUT2D eigenvalue weighted by atomic mass is 10.1. The maximum Gasteiger partial charge on any atom is 0.243 e. The second-order valence-corrected chi connectivity index (χ2v) is 11.0. The van der Waals surface area contributed by atoms with E-state index in [2.05, 4.69) is 31.2 Å². The number of nitrogens with zero attached hydrogens (tertiary/aromatic N) is 1. The second-order valence-electron chi connectivity index (χ2n) is 11.0. The summed E-state index contributed by atoms with van der Waals surface area (Å²) in [6, 6.07) is 4.86. The molecule has 0 aliphatic carbocycles. The number of amides is 5. The lowest BCUT2D eigenvalue weighted by molar-refractivity contribution is -0.131. The van der Waals surface area contributed by atoms with Crippen LogP contribution in [-0.2, 0) is 30.4 Å². The molecule has 0 aliphatic rings. The third kappa shape index (κ3) is 13.9. The Kier molecular flexibility index (Phi) is 16.6. The number of carbonyl (C=O) groups excluding carboxylic acids is 5. The normalized spacial score (nSPS) is 12.8. The molecule has 5 amide bonds. The number of hydrogen-bond acceptors (Lipinski definition) is 8. The van der Waals surface area contributed by atoms with Crippen LogP contribution in [0, 0.1) is 0 Å². The molecule has 16 heteroatoms. The summed E-state index contributed by atoms with van der Waals surface area (Å²) in [5, 5.41) is 11.8. The first-order valence-electron chi connectivity index (χ1n) is 15.5. The van der Waals surface area contributed by atoms with Gasteiger partial charge in [-0.25, -0.2) is 0 Å². The van der Waals surface area contributed by atoms with E-state index in [1.165, 1.54) is 0 Å². The van der Waals surface area contributed by atoms with Crippen LogP contribution in [0.15, 0.2) is 35.5 Å². The van der Waals surface area contributed by atoms with E-state index in [0.717, 1.165) is 16.5 Å². The van der Waals surface area contributed by atoms with Crippen molar-refractivity contribution >= 4 is 46.4 Å². The van der Waals surface area contributed by atoms with Gasteiger partial charge in [0.2, 0.25) is 29.5 Å². The quantitative estimate of drug-likeness (QED) is 0.0388. The Hall–Kier alpha value is -4.70. The van der Waals surface area contributed by atoms with E-state index in [4.69, 9.17) is 28.7 Å². The number of rotatable bonds is 22. The zero-order chi connectivity index (χ0) is 33.9. The molecule has 1 unspecified atom stereocenters. The SMILES string of the molecule is NCCC[C@H](NC(=O)C(N)CCCN=C(N)N)C(=O)NCCCCCNC(=O)[C@H](CC(N)=O)NC(=O)Cc1c[nH]c2ccccc12. The molecule has 0 bridgehead atoms. The third-order valence-corrected chi connectivity index (χ3v) is 7.17. The number of fused-ring (bicyclic) bond motifs is 1. The van der Waals surface area contributed by atoms with Crippen LogP contribution >= 0.6 is 0 Å². The molecule has 254 valence electrons. The molecule has 16 nitrogen and oxygen atoms in total. The molecule has 1 aromatic heterocycles. The summed E-state index contributed by atoms with van der Waals surface area (Å²) >= 11 is 0. The number of nitrogens with two attached hydrogens (primary N) is 5. The summed E-state index contributed by atoms with van der Waals surface area (Å²) in [6.07, 6.45) is 5.10. The summed E-state index contributed by atoms with van der Waals surface area (Å²) in [7, 11) is 0. The summed E-state index contributed by atoms with van der Waals surface area (Å²) in [5.74, 6) is -2.44. The Morgan fingerprint density at radius 2 is 1.48 bits per heavy atom. The lowest BCUT2D eigenvalue weighted by Crippen LogP contribution is -2.51. The number of aliphatic imine (C=N–C) groups is 1. The highest BCUT2D eigenvalue weighted by molar-refractivity contribution is 5.94. The van der Waals surface area contributed by atoms with Gasteiger partial charge in [0.15, 0.2) is 5.96 Å². The van der Waals surface area contributed by atoms with Crippen LogP contribution in [0.5, 0.6) is 0 Å². The van der Waals surface area contributed by atoms with Crippen molar-refractivity contribution in [2.24, 2.45) is 33.7 Å². The number of unbranched alkanes of at least 4 members (excludes halogenated alkanes) is 2. The van der Waals surface area contributed by atoms with Gasteiger partial charge in [0.05, 0.1) is 18.9 Å². The van der Waals surface area contributed by atoms with Crippen molar-refractivity contribution < 1.29 is 24.0 Å². The second kappa shape index (κ2) is 20.4. The topological polar surface area (TPSA) is 292 Å². The molecule has 46 heavy (non-hydrogen) atoms. The van der Waals surface area contributed by atoms with Gasteiger partial charge in [-0.1, -0.05) is 18.2 Å². The van der Waals surface area contributed by atoms with E-state index < -0.39 is 41.8 Å². The number of aromatic nitrogens is 1. The van der Waals surface area contributed by atoms with Gasteiger partial charge in [-0.05, 0) is 63.1 Å².